The second kappa shape index (κ2) is 18.8. The van der Waals surface area contributed by atoms with Gasteiger partial charge in [0.15, 0.2) is 0 Å². The van der Waals surface area contributed by atoms with E-state index in [4.69, 9.17) is 11.5 Å². The third kappa shape index (κ3) is 13.9. The summed E-state index contributed by atoms with van der Waals surface area (Å²) in [5.74, 6) is -3.39. The molecule has 0 aromatic carbocycles. The number of primary amides is 1. The highest BCUT2D eigenvalue weighted by atomic mass is 32.2. The Kier molecular flexibility index (Phi) is 16.3. The molecule has 1 heterocycles. The first kappa shape index (κ1) is 37.4. The number of aromatic nitrogens is 2. The molecule has 1 aromatic heterocycles. The lowest BCUT2D eigenvalue weighted by molar-refractivity contribution is -0.134. The molecule has 0 aliphatic heterocycles. The Morgan fingerprint density at radius 3 is 2.02 bits per heavy atom. The highest BCUT2D eigenvalue weighted by Crippen LogP contribution is 2.09. The van der Waals surface area contributed by atoms with E-state index in [2.05, 4.69) is 36.6 Å². The van der Waals surface area contributed by atoms with E-state index in [-0.39, 0.29) is 24.7 Å². The molecule has 0 saturated heterocycles. The van der Waals surface area contributed by atoms with Crippen LogP contribution in [0.25, 0.3) is 0 Å². The van der Waals surface area contributed by atoms with Gasteiger partial charge in [-0.15, -0.1) is 0 Å². The molecule has 1 unspecified atom stereocenters. The molecule has 43 heavy (non-hydrogen) atoms. The maximum absolute atomic E-state index is 13.4. The Hall–Kier alpha value is -3.66. The molecule has 0 spiro atoms. The lowest BCUT2D eigenvalue weighted by Gasteiger charge is -2.26. The zero-order valence-corrected chi connectivity index (χ0v) is 26.5. The van der Waals surface area contributed by atoms with Crippen LogP contribution >= 0.6 is 11.8 Å². The Morgan fingerprint density at radius 1 is 0.884 bits per heavy atom. The third-order valence-corrected chi connectivity index (χ3v) is 6.96. The maximum atomic E-state index is 13.4. The number of hydrogen-bond donors (Lipinski definition) is 8. The predicted octanol–water partition coefficient (Wildman–Crippen LogP) is -1.70. The van der Waals surface area contributed by atoms with Gasteiger partial charge in [-0.3, -0.25) is 28.8 Å². The van der Waals surface area contributed by atoms with Crippen LogP contribution in [0.3, 0.4) is 0 Å². The van der Waals surface area contributed by atoms with E-state index < -0.39 is 72.2 Å². The van der Waals surface area contributed by atoms with E-state index in [1.807, 2.05) is 20.1 Å². The molecule has 5 atom stereocenters. The standard InChI is InChI=1S/C27H47N9O6S/c1-14(2)9-19(25(40)34-18(23(29)38)7-8-43-6)35-26(41)20(10-17-11-30-13-32-17)33-21(37)12-31-27(42)22(15(3)4)36-24(39)16(5)28/h11,13-16,18-20,22H,7-10,12,28H2,1-6H3,(H2,29,38)(H,30,32)(H,31,42)(H,33,37)(H,34,40)(H,35,41)(H,36,39)/t16?,18-,19-,20-,22-/m0/s1. The van der Waals surface area contributed by atoms with E-state index in [1.165, 1.54) is 25.0 Å². The van der Waals surface area contributed by atoms with Crippen LogP contribution < -0.4 is 38.1 Å². The molecule has 1 aromatic rings. The number of carbonyl (C=O) groups excluding carboxylic acids is 6. The Morgan fingerprint density at radius 2 is 1.51 bits per heavy atom. The van der Waals surface area contributed by atoms with Crippen molar-refractivity contribution in [2.45, 2.75) is 84.1 Å². The molecular formula is C27H47N9O6S. The third-order valence-electron chi connectivity index (χ3n) is 6.31. The van der Waals surface area contributed by atoms with Crippen LogP contribution in [0, 0.1) is 11.8 Å². The first-order valence-corrected chi connectivity index (χ1v) is 15.5. The van der Waals surface area contributed by atoms with Crippen molar-refractivity contribution in [3.8, 4) is 0 Å². The molecular weight excluding hydrogens is 578 g/mol. The van der Waals surface area contributed by atoms with Gasteiger partial charge in [0.25, 0.3) is 0 Å². The first-order chi connectivity index (χ1) is 20.2. The van der Waals surface area contributed by atoms with Crippen molar-refractivity contribution in [3.63, 3.8) is 0 Å². The van der Waals surface area contributed by atoms with Gasteiger partial charge in [0.1, 0.15) is 24.2 Å². The molecule has 1 rings (SSSR count). The van der Waals surface area contributed by atoms with Crippen LogP contribution in [-0.4, -0.2) is 94.2 Å². The fourth-order valence-corrected chi connectivity index (χ4v) is 4.40. The average Bonchev–Trinajstić information content (AvgIpc) is 3.44. The predicted molar refractivity (Wildman–Crippen MR) is 163 cm³/mol. The number of imidazole rings is 1. The Bertz CT molecular complexity index is 1080. The number of hydrogen-bond acceptors (Lipinski definition) is 9. The van der Waals surface area contributed by atoms with Crippen molar-refractivity contribution < 1.29 is 28.8 Å². The summed E-state index contributed by atoms with van der Waals surface area (Å²) in [7, 11) is 0. The van der Waals surface area contributed by atoms with E-state index in [9.17, 15) is 28.8 Å². The smallest absolute Gasteiger partial charge is 0.243 e. The van der Waals surface area contributed by atoms with Crippen molar-refractivity contribution in [1.29, 1.82) is 0 Å². The summed E-state index contributed by atoms with van der Waals surface area (Å²) < 4.78 is 0. The summed E-state index contributed by atoms with van der Waals surface area (Å²) in [6, 6.07) is -4.82. The summed E-state index contributed by atoms with van der Waals surface area (Å²) in [4.78, 5) is 82.9. The number of carbonyl (C=O) groups is 6. The van der Waals surface area contributed by atoms with E-state index in [1.54, 1.807) is 20.0 Å². The van der Waals surface area contributed by atoms with Gasteiger partial charge in [0.05, 0.1) is 24.6 Å². The zero-order chi connectivity index (χ0) is 32.7. The van der Waals surface area contributed by atoms with Gasteiger partial charge in [-0.05, 0) is 43.6 Å². The number of H-pyrrole nitrogens is 1. The summed E-state index contributed by atoms with van der Waals surface area (Å²) >= 11 is 1.50. The summed E-state index contributed by atoms with van der Waals surface area (Å²) in [5, 5.41) is 12.9. The molecule has 242 valence electrons. The number of amides is 6. The lowest BCUT2D eigenvalue weighted by Crippen LogP contribution is -2.58. The quantitative estimate of drug-likeness (QED) is 0.0872. The van der Waals surface area contributed by atoms with E-state index in [0.717, 1.165) is 0 Å². The monoisotopic (exact) mass is 625 g/mol. The van der Waals surface area contributed by atoms with Gasteiger partial charge in [0, 0.05) is 12.6 Å². The van der Waals surface area contributed by atoms with Gasteiger partial charge < -0.3 is 43.0 Å². The first-order valence-electron chi connectivity index (χ1n) is 14.2. The van der Waals surface area contributed by atoms with Crippen molar-refractivity contribution in [1.82, 2.24) is 36.6 Å². The molecule has 0 aliphatic carbocycles. The van der Waals surface area contributed by atoms with Crippen molar-refractivity contribution >= 4 is 47.2 Å². The van der Waals surface area contributed by atoms with Crippen LogP contribution in [0.2, 0.25) is 0 Å². The number of aromatic amines is 1. The number of rotatable bonds is 19. The van der Waals surface area contributed by atoms with Crippen LogP contribution in [0.5, 0.6) is 0 Å². The number of nitrogens with zero attached hydrogens (tertiary/aromatic N) is 1. The van der Waals surface area contributed by atoms with Crippen molar-refractivity contribution in [3.05, 3.63) is 18.2 Å². The molecule has 0 saturated carbocycles. The molecule has 0 aliphatic rings. The molecule has 10 N–H and O–H groups in total. The van der Waals surface area contributed by atoms with Gasteiger partial charge in [-0.2, -0.15) is 11.8 Å². The number of thioether (sulfide) groups is 1. The number of nitrogens with one attached hydrogen (secondary N) is 6. The summed E-state index contributed by atoms with van der Waals surface area (Å²) in [6.45, 7) is 8.21. The average molecular weight is 626 g/mol. The SMILES string of the molecule is CSCC[C@H](NC(=O)[C@H](CC(C)C)NC(=O)[C@H](Cc1c[nH]cn1)NC(=O)CNC(=O)[C@@H](NC(=O)C(C)N)C(C)C)C(N)=O. The minimum absolute atomic E-state index is 0.000483. The van der Waals surface area contributed by atoms with Gasteiger partial charge in [-0.25, -0.2) is 4.98 Å². The van der Waals surface area contributed by atoms with Gasteiger partial charge in [-0.1, -0.05) is 27.7 Å². The number of nitrogens with two attached hydrogens (primary N) is 2. The topological polar surface area (TPSA) is 243 Å². The highest BCUT2D eigenvalue weighted by molar-refractivity contribution is 7.98. The van der Waals surface area contributed by atoms with Crippen molar-refractivity contribution in [2.24, 2.45) is 23.3 Å². The van der Waals surface area contributed by atoms with Crippen LogP contribution in [0.1, 0.15) is 53.2 Å². The fraction of sp³-hybridized carbons (Fsp3) is 0.667. The Labute approximate surface area is 256 Å². The molecule has 0 bridgehead atoms. The highest BCUT2D eigenvalue weighted by Gasteiger charge is 2.31. The van der Waals surface area contributed by atoms with Crippen LogP contribution in [0.4, 0.5) is 0 Å². The van der Waals surface area contributed by atoms with E-state index >= 15 is 0 Å². The molecule has 15 nitrogen and oxygen atoms in total. The second-order valence-electron chi connectivity index (χ2n) is 11.1. The minimum Gasteiger partial charge on any atom is -0.368 e. The van der Waals surface area contributed by atoms with E-state index in [0.29, 0.717) is 17.9 Å². The van der Waals surface area contributed by atoms with Crippen molar-refractivity contribution in [2.75, 3.05) is 18.6 Å². The van der Waals surface area contributed by atoms with Crippen LogP contribution in [-0.2, 0) is 35.2 Å². The maximum Gasteiger partial charge on any atom is 0.243 e. The molecule has 6 amide bonds. The summed E-state index contributed by atoms with van der Waals surface area (Å²) in [5.41, 5.74) is 11.5. The zero-order valence-electron chi connectivity index (χ0n) is 25.7. The second-order valence-corrected chi connectivity index (χ2v) is 12.0. The summed E-state index contributed by atoms with van der Waals surface area (Å²) in [6.07, 6.45) is 5.42. The molecule has 16 heteroatoms. The van der Waals surface area contributed by atoms with Crippen LogP contribution in [0.15, 0.2) is 12.5 Å². The fourth-order valence-electron chi connectivity index (χ4n) is 3.93. The molecule has 0 fully saturated rings. The lowest BCUT2D eigenvalue weighted by atomic mass is 10.0. The molecule has 0 radical (unpaired) electrons. The normalized spacial score (nSPS) is 14.6. The largest absolute Gasteiger partial charge is 0.368 e. The van der Waals surface area contributed by atoms with Gasteiger partial charge in [0.2, 0.25) is 35.4 Å². The minimum atomic E-state index is -1.16. The van der Waals surface area contributed by atoms with Gasteiger partial charge >= 0.3 is 0 Å². The Balaban J connectivity index is 3.01.